The highest BCUT2D eigenvalue weighted by Gasteiger charge is 2.20. The van der Waals surface area contributed by atoms with Gasteiger partial charge in [0.15, 0.2) is 0 Å². The van der Waals surface area contributed by atoms with Crippen molar-refractivity contribution in [2.24, 2.45) is 0 Å². The Labute approximate surface area is 225 Å². The Bertz CT molecular complexity index is 2420. The number of furan rings is 1. The molecule has 0 unspecified atom stereocenters. The summed E-state index contributed by atoms with van der Waals surface area (Å²) in [5, 5.41) is 12.2. The predicted molar refractivity (Wildman–Crippen MR) is 167 cm³/mol. The van der Waals surface area contributed by atoms with Crippen molar-refractivity contribution in [3.8, 4) is 5.69 Å². The van der Waals surface area contributed by atoms with E-state index in [-0.39, 0.29) is 0 Å². The highest BCUT2D eigenvalue weighted by Crippen LogP contribution is 2.41. The number of aromatic nitrogens is 1. The van der Waals surface area contributed by atoms with E-state index in [2.05, 4.69) is 121 Å². The number of benzene rings is 6. The highest BCUT2D eigenvalue weighted by molar-refractivity contribution is 6.32. The van der Waals surface area contributed by atoms with E-state index in [1.54, 1.807) is 0 Å². The lowest BCUT2D eigenvalue weighted by Gasteiger charge is -2.12. The molecule has 39 heavy (non-hydrogen) atoms. The van der Waals surface area contributed by atoms with Crippen LogP contribution in [0.5, 0.6) is 0 Å². The Morgan fingerprint density at radius 3 is 2.08 bits per heavy atom. The molecule has 184 valence electrons. The SMILES string of the molecule is C=C/C=c1\c(=C/C)ccc2c1c1c3ccccc3c3ccccc3c1n2-c1ccc2oc3ccccc3c2c1. The molecule has 0 saturated carbocycles. The first kappa shape index (κ1) is 22.0. The van der Waals surface area contributed by atoms with Gasteiger partial charge in [0, 0.05) is 32.6 Å². The number of hydrogen-bond donors (Lipinski definition) is 0. The van der Waals surface area contributed by atoms with Gasteiger partial charge >= 0.3 is 0 Å². The second-order valence-electron chi connectivity index (χ2n) is 10.1. The summed E-state index contributed by atoms with van der Waals surface area (Å²) >= 11 is 0. The molecule has 2 heterocycles. The van der Waals surface area contributed by atoms with Gasteiger partial charge in [0.2, 0.25) is 0 Å². The van der Waals surface area contributed by atoms with E-state index in [0.29, 0.717) is 0 Å². The van der Waals surface area contributed by atoms with E-state index in [9.17, 15) is 0 Å². The molecule has 0 N–H and O–H groups in total. The summed E-state index contributed by atoms with van der Waals surface area (Å²) in [7, 11) is 0. The zero-order chi connectivity index (χ0) is 26.1. The molecule has 2 aromatic heterocycles. The van der Waals surface area contributed by atoms with Crippen LogP contribution < -0.4 is 10.4 Å². The molecule has 0 aliphatic rings. The number of rotatable bonds is 2. The number of nitrogens with zero attached hydrogens (tertiary/aromatic N) is 1. The molecular formula is C37H25NO. The molecule has 2 nitrogen and oxygen atoms in total. The number of fused-ring (bicyclic) bond motifs is 11. The van der Waals surface area contributed by atoms with Crippen LogP contribution in [0.2, 0.25) is 0 Å². The maximum absolute atomic E-state index is 6.18. The van der Waals surface area contributed by atoms with Crippen LogP contribution in [0.4, 0.5) is 0 Å². The van der Waals surface area contributed by atoms with Crippen molar-refractivity contribution in [3.05, 3.63) is 126 Å². The fourth-order valence-corrected chi connectivity index (χ4v) is 6.47. The van der Waals surface area contributed by atoms with Gasteiger partial charge in [-0.15, -0.1) is 0 Å². The van der Waals surface area contributed by atoms with E-state index in [1.807, 2.05) is 18.2 Å². The Hall–Kier alpha value is -5.08. The first-order valence-corrected chi connectivity index (χ1v) is 13.4. The Kier molecular flexibility index (Phi) is 4.62. The van der Waals surface area contributed by atoms with Crippen molar-refractivity contribution in [1.29, 1.82) is 0 Å². The van der Waals surface area contributed by atoms with Crippen LogP contribution in [0.3, 0.4) is 0 Å². The molecule has 8 aromatic rings. The van der Waals surface area contributed by atoms with E-state index in [1.165, 1.54) is 53.8 Å². The smallest absolute Gasteiger partial charge is 0.135 e. The van der Waals surface area contributed by atoms with E-state index in [4.69, 9.17) is 4.42 Å². The van der Waals surface area contributed by atoms with Gasteiger partial charge in [0.05, 0.1) is 11.0 Å². The summed E-state index contributed by atoms with van der Waals surface area (Å²) in [6.07, 6.45) is 6.24. The first-order chi connectivity index (χ1) is 19.3. The van der Waals surface area contributed by atoms with Crippen LogP contribution in [0.15, 0.2) is 120 Å². The van der Waals surface area contributed by atoms with Crippen LogP contribution in [-0.4, -0.2) is 4.57 Å². The molecule has 0 aliphatic heterocycles. The maximum atomic E-state index is 6.18. The van der Waals surface area contributed by atoms with Gasteiger partial charge in [-0.3, -0.25) is 0 Å². The fraction of sp³-hybridized carbons (Fsp3) is 0.0270. The summed E-state index contributed by atoms with van der Waals surface area (Å²) in [4.78, 5) is 0. The van der Waals surface area contributed by atoms with Crippen molar-refractivity contribution >= 4 is 77.4 Å². The van der Waals surface area contributed by atoms with Gasteiger partial charge < -0.3 is 8.98 Å². The molecule has 0 aliphatic carbocycles. The van der Waals surface area contributed by atoms with Crippen LogP contribution in [0.25, 0.3) is 83.1 Å². The first-order valence-electron chi connectivity index (χ1n) is 13.4. The predicted octanol–water partition coefficient (Wildman–Crippen LogP) is 8.76. The summed E-state index contributed by atoms with van der Waals surface area (Å²) < 4.78 is 8.62. The van der Waals surface area contributed by atoms with Crippen LogP contribution in [-0.2, 0) is 0 Å². The summed E-state index contributed by atoms with van der Waals surface area (Å²) in [5.74, 6) is 0. The monoisotopic (exact) mass is 499 g/mol. The van der Waals surface area contributed by atoms with Crippen LogP contribution in [0.1, 0.15) is 6.92 Å². The van der Waals surface area contributed by atoms with Crippen LogP contribution >= 0.6 is 0 Å². The van der Waals surface area contributed by atoms with Gasteiger partial charge in [0.1, 0.15) is 11.2 Å². The maximum Gasteiger partial charge on any atom is 0.135 e. The molecule has 8 rings (SSSR count). The lowest BCUT2D eigenvalue weighted by molar-refractivity contribution is 0.669. The minimum atomic E-state index is 0.902. The highest BCUT2D eigenvalue weighted by atomic mass is 16.3. The second-order valence-corrected chi connectivity index (χ2v) is 10.1. The summed E-state index contributed by atoms with van der Waals surface area (Å²) in [6, 6.07) is 36.9. The van der Waals surface area contributed by atoms with Crippen LogP contribution in [0, 0.1) is 0 Å². The lowest BCUT2D eigenvalue weighted by Crippen LogP contribution is -2.24. The molecule has 0 saturated heterocycles. The van der Waals surface area contributed by atoms with Crippen molar-refractivity contribution in [3.63, 3.8) is 0 Å². The Morgan fingerprint density at radius 1 is 0.641 bits per heavy atom. The fourth-order valence-electron chi connectivity index (χ4n) is 6.47. The molecule has 0 amide bonds. The van der Waals surface area contributed by atoms with Crippen molar-refractivity contribution in [2.45, 2.75) is 6.92 Å². The molecule has 0 bridgehead atoms. The number of hydrogen-bond acceptors (Lipinski definition) is 1. The minimum absolute atomic E-state index is 0.902. The normalized spacial score (nSPS) is 13.2. The van der Waals surface area contributed by atoms with Crippen molar-refractivity contribution in [1.82, 2.24) is 4.57 Å². The van der Waals surface area contributed by atoms with Crippen molar-refractivity contribution in [2.75, 3.05) is 0 Å². The number of para-hydroxylation sites is 1. The minimum Gasteiger partial charge on any atom is -0.456 e. The zero-order valence-corrected chi connectivity index (χ0v) is 21.6. The summed E-state index contributed by atoms with van der Waals surface area (Å²) in [6.45, 7) is 6.17. The van der Waals surface area contributed by atoms with E-state index in [0.717, 1.165) is 27.6 Å². The Morgan fingerprint density at radius 2 is 1.31 bits per heavy atom. The quantitative estimate of drug-likeness (QED) is 0.217. The van der Waals surface area contributed by atoms with Gasteiger partial charge in [-0.25, -0.2) is 0 Å². The van der Waals surface area contributed by atoms with Crippen molar-refractivity contribution < 1.29 is 4.42 Å². The summed E-state index contributed by atoms with van der Waals surface area (Å²) in [5.41, 5.74) is 5.33. The standard InChI is InChI=1S/C37H25NO/c1-3-11-25-23(4-2)18-20-32-35(25)36-29-15-7-5-12-26(29)27-13-6-8-16-30(27)37(36)38(32)24-19-21-34-31(22-24)28-14-9-10-17-33(28)39-34/h3-22H,1H2,2H3/b23-4-,25-11+. The topological polar surface area (TPSA) is 18.1 Å². The average molecular weight is 500 g/mol. The second kappa shape index (κ2) is 8.21. The third-order valence-electron chi connectivity index (χ3n) is 8.09. The average Bonchev–Trinajstić information content (AvgIpc) is 3.54. The third kappa shape index (κ3) is 2.97. The third-order valence-corrected chi connectivity index (χ3v) is 8.09. The number of allylic oxidation sites excluding steroid dienone is 1. The molecular weight excluding hydrogens is 474 g/mol. The molecule has 6 aromatic carbocycles. The van der Waals surface area contributed by atoms with Gasteiger partial charge in [-0.05, 0) is 63.9 Å². The zero-order valence-electron chi connectivity index (χ0n) is 21.6. The molecule has 0 radical (unpaired) electrons. The lowest BCUT2D eigenvalue weighted by atomic mass is 9.96. The van der Waals surface area contributed by atoms with Gasteiger partial charge in [0.25, 0.3) is 0 Å². The molecule has 2 heteroatoms. The van der Waals surface area contributed by atoms with E-state index >= 15 is 0 Å². The van der Waals surface area contributed by atoms with Gasteiger partial charge in [-0.1, -0.05) is 97.6 Å². The van der Waals surface area contributed by atoms with E-state index < -0.39 is 0 Å². The largest absolute Gasteiger partial charge is 0.456 e. The molecule has 0 atom stereocenters. The Balaban J connectivity index is 1.69. The molecule has 0 fully saturated rings. The molecule has 0 spiro atoms. The van der Waals surface area contributed by atoms with Gasteiger partial charge in [-0.2, -0.15) is 0 Å².